The molecule has 0 amide bonds. The Bertz CT molecular complexity index is 774. The molecule has 0 aliphatic carbocycles. The lowest BCUT2D eigenvalue weighted by atomic mass is 9.96. The van der Waals surface area contributed by atoms with Gasteiger partial charge < -0.3 is 0 Å². The zero-order valence-corrected chi connectivity index (χ0v) is 12.8. The van der Waals surface area contributed by atoms with Crippen LogP contribution < -0.4 is 0 Å². The van der Waals surface area contributed by atoms with Crippen molar-refractivity contribution >= 4 is 22.9 Å². The molecule has 5 heteroatoms. The summed E-state index contributed by atoms with van der Waals surface area (Å²) in [7, 11) is 0. The summed E-state index contributed by atoms with van der Waals surface area (Å²) in [6.07, 6.45) is -1.63. The fourth-order valence-corrected chi connectivity index (χ4v) is 2.69. The second kappa shape index (κ2) is 6.20. The summed E-state index contributed by atoms with van der Waals surface area (Å²) in [5.74, 6) is 0. The maximum absolute atomic E-state index is 12.6. The van der Waals surface area contributed by atoms with Crippen LogP contribution in [0.2, 0.25) is 5.02 Å². The summed E-state index contributed by atoms with van der Waals surface area (Å²) < 4.78 is 37.9. The molecule has 1 heterocycles. The van der Waals surface area contributed by atoms with Crippen molar-refractivity contribution in [1.29, 1.82) is 0 Å². The first-order chi connectivity index (χ1) is 10.9. The molecular weight excluding hydrogens is 323 g/mol. The minimum Gasteiger partial charge on any atom is -0.284 e. The maximum Gasteiger partial charge on any atom is 0.416 e. The number of aliphatic imine (C=N–C) groups is 1. The van der Waals surface area contributed by atoms with Gasteiger partial charge in [-0.2, -0.15) is 13.2 Å². The molecule has 0 radical (unpaired) electrons. The van der Waals surface area contributed by atoms with Crippen molar-refractivity contribution in [2.45, 2.75) is 12.6 Å². The van der Waals surface area contributed by atoms with Gasteiger partial charge in [0.15, 0.2) is 0 Å². The standard InChI is InChI=1S/C18H13ClF3N/c19-16-3-1-2-13(10-16)14-8-9-23-17(11-14)12-4-6-15(7-5-12)18(20,21)22/h1-7,10-11H,8-9H2. The highest BCUT2D eigenvalue weighted by atomic mass is 35.5. The monoisotopic (exact) mass is 335 g/mol. The molecule has 0 saturated carbocycles. The number of rotatable bonds is 2. The Labute approximate surface area is 137 Å². The van der Waals surface area contributed by atoms with Gasteiger partial charge in [-0.05, 0) is 53.5 Å². The molecule has 3 rings (SSSR count). The Morgan fingerprint density at radius 1 is 0.957 bits per heavy atom. The first-order valence-electron chi connectivity index (χ1n) is 7.12. The van der Waals surface area contributed by atoms with Crippen molar-refractivity contribution in [1.82, 2.24) is 0 Å². The van der Waals surface area contributed by atoms with Gasteiger partial charge in [0.05, 0.1) is 11.3 Å². The van der Waals surface area contributed by atoms with Gasteiger partial charge in [0, 0.05) is 11.6 Å². The van der Waals surface area contributed by atoms with E-state index in [1.54, 1.807) is 6.07 Å². The van der Waals surface area contributed by atoms with Gasteiger partial charge in [0.25, 0.3) is 0 Å². The van der Waals surface area contributed by atoms with Crippen LogP contribution in [0.1, 0.15) is 23.1 Å². The summed E-state index contributed by atoms with van der Waals surface area (Å²) in [6, 6.07) is 12.6. The second-order valence-electron chi connectivity index (χ2n) is 5.27. The van der Waals surface area contributed by atoms with Crippen molar-refractivity contribution < 1.29 is 13.2 Å². The maximum atomic E-state index is 12.6. The van der Waals surface area contributed by atoms with Gasteiger partial charge in [-0.15, -0.1) is 0 Å². The lowest BCUT2D eigenvalue weighted by molar-refractivity contribution is -0.137. The number of allylic oxidation sites excluding steroid dienone is 1. The van der Waals surface area contributed by atoms with E-state index in [2.05, 4.69) is 4.99 Å². The molecule has 118 valence electrons. The fraction of sp³-hybridized carbons (Fsp3) is 0.167. The predicted molar refractivity (Wildman–Crippen MR) is 86.9 cm³/mol. The molecule has 1 aliphatic rings. The van der Waals surface area contributed by atoms with E-state index < -0.39 is 11.7 Å². The molecule has 1 nitrogen and oxygen atoms in total. The van der Waals surface area contributed by atoms with Crippen LogP contribution in [0.4, 0.5) is 13.2 Å². The van der Waals surface area contributed by atoms with Crippen LogP contribution in [-0.2, 0) is 6.18 Å². The average Bonchev–Trinajstić information content (AvgIpc) is 2.54. The molecule has 1 aliphatic heterocycles. The van der Waals surface area contributed by atoms with Crippen molar-refractivity contribution in [3.63, 3.8) is 0 Å². The third-order valence-electron chi connectivity index (χ3n) is 3.68. The van der Waals surface area contributed by atoms with Crippen molar-refractivity contribution in [2.75, 3.05) is 6.54 Å². The molecule has 2 aromatic carbocycles. The number of hydrogen-bond donors (Lipinski definition) is 0. The quantitative estimate of drug-likeness (QED) is 0.674. The smallest absolute Gasteiger partial charge is 0.284 e. The molecule has 23 heavy (non-hydrogen) atoms. The number of dihydropyridines is 1. The minimum atomic E-state index is -4.32. The van der Waals surface area contributed by atoms with Gasteiger partial charge in [-0.25, -0.2) is 0 Å². The van der Waals surface area contributed by atoms with Crippen LogP contribution in [0.3, 0.4) is 0 Å². The Morgan fingerprint density at radius 2 is 1.70 bits per heavy atom. The third-order valence-corrected chi connectivity index (χ3v) is 3.91. The Kier molecular flexibility index (Phi) is 4.26. The zero-order chi connectivity index (χ0) is 16.4. The molecule has 2 aromatic rings. The molecule has 0 aromatic heterocycles. The van der Waals surface area contributed by atoms with Gasteiger partial charge in [0.1, 0.15) is 0 Å². The second-order valence-corrected chi connectivity index (χ2v) is 5.71. The number of nitrogens with zero attached hydrogens (tertiary/aromatic N) is 1. The first-order valence-corrected chi connectivity index (χ1v) is 7.50. The van der Waals surface area contributed by atoms with Crippen molar-refractivity contribution in [2.24, 2.45) is 4.99 Å². The summed E-state index contributed by atoms with van der Waals surface area (Å²) >= 11 is 6.01. The van der Waals surface area contributed by atoms with E-state index in [0.29, 0.717) is 22.8 Å². The van der Waals surface area contributed by atoms with E-state index in [0.717, 1.165) is 29.7 Å². The minimum absolute atomic E-state index is 0.606. The summed E-state index contributed by atoms with van der Waals surface area (Å²) in [6.45, 7) is 0.606. The van der Waals surface area contributed by atoms with Crippen LogP contribution in [0, 0.1) is 0 Å². The SMILES string of the molecule is FC(F)(F)c1ccc(C2=NCCC(c3cccc(Cl)c3)=C2)cc1. The molecule has 0 atom stereocenters. The third kappa shape index (κ3) is 3.64. The van der Waals surface area contributed by atoms with Gasteiger partial charge in [-0.3, -0.25) is 4.99 Å². The van der Waals surface area contributed by atoms with E-state index in [4.69, 9.17) is 11.6 Å². The fourth-order valence-electron chi connectivity index (χ4n) is 2.50. The van der Waals surface area contributed by atoms with E-state index in [1.165, 1.54) is 12.1 Å². The Hall–Kier alpha value is -2.07. The molecule has 0 unspecified atom stereocenters. The highest BCUT2D eigenvalue weighted by Gasteiger charge is 2.30. The highest BCUT2D eigenvalue weighted by Crippen LogP contribution is 2.30. The summed E-state index contributed by atoms with van der Waals surface area (Å²) in [4.78, 5) is 4.42. The largest absolute Gasteiger partial charge is 0.416 e. The van der Waals surface area contributed by atoms with Gasteiger partial charge in [-0.1, -0.05) is 35.9 Å². The number of alkyl halides is 3. The molecule has 0 fully saturated rings. The molecule has 0 N–H and O–H groups in total. The average molecular weight is 336 g/mol. The van der Waals surface area contributed by atoms with Crippen LogP contribution in [0.25, 0.3) is 5.57 Å². The van der Waals surface area contributed by atoms with Gasteiger partial charge in [0.2, 0.25) is 0 Å². The van der Waals surface area contributed by atoms with Crippen LogP contribution >= 0.6 is 11.6 Å². The van der Waals surface area contributed by atoms with Crippen molar-refractivity contribution in [3.05, 3.63) is 76.3 Å². The van der Waals surface area contributed by atoms with E-state index in [-0.39, 0.29) is 0 Å². The van der Waals surface area contributed by atoms with Crippen LogP contribution in [0.5, 0.6) is 0 Å². The number of halogens is 4. The van der Waals surface area contributed by atoms with Gasteiger partial charge >= 0.3 is 6.18 Å². The van der Waals surface area contributed by atoms with Crippen LogP contribution in [0.15, 0.2) is 59.6 Å². The zero-order valence-electron chi connectivity index (χ0n) is 12.1. The first kappa shape index (κ1) is 15.8. The summed E-state index contributed by atoms with van der Waals surface area (Å²) in [5.41, 5.74) is 2.81. The van der Waals surface area contributed by atoms with E-state index in [1.807, 2.05) is 24.3 Å². The molecule has 0 spiro atoms. The Morgan fingerprint density at radius 3 is 2.35 bits per heavy atom. The summed E-state index contributed by atoms with van der Waals surface area (Å²) in [5, 5.41) is 0.655. The lowest BCUT2D eigenvalue weighted by Crippen LogP contribution is -2.08. The Balaban J connectivity index is 1.90. The molecular formula is C18H13ClF3N. The number of benzene rings is 2. The predicted octanol–water partition coefficient (Wildman–Crippen LogP) is 5.64. The highest BCUT2D eigenvalue weighted by molar-refractivity contribution is 6.30. The molecule has 0 bridgehead atoms. The van der Waals surface area contributed by atoms with Crippen LogP contribution in [-0.4, -0.2) is 12.3 Å². The lowest BCUT2D eigenvalue weighted by Gasteiger charge is -2.15. The number of hydrogen-bond acceptors (Lipinski definition) is 1. The molecule has 0 saturated heterocycles. The van der Waals surface area contributed by atoms with Crippen molar-refractivity contribution in [3.8, 4) is 0 Å². The van der Waals surface area contributed by atoms with E-state index in [9.17, 15) is 13.2 Å². The topological polar surface area (TPSA) is 12.4 Å². The van der Waals surface area contributed by atoms with E-state index >= 15 is 0 Å². The normalized spacial score (nSPS) is 15.1.